The lowest BCUT2D eigenvalue weighted by molar-refractivity contribution is 0.0950. The Morgan fingerprint density at radius 2 is 1.96 bits per heavy atom. The largest absolute Gasteiger partial charge is 0.475 e. The van der Waals surface area contributed by atoms with E-state index in [-0.39, 0.29) is 23.5 Å². The van der Waals surface area contributed by atoms with E-state index in [1.807, 2.05) is 19.9 Å². The van der Waals surface area contributed by atoms with Gasteiger partial charge in [-0.3, -0.25) is 4.79 Å². The van der Waals surface area contributed by atoms with E-state index in [0.717, 1.165) is 11.8 Å². The molecule has 1 amide bonds. The van der Waals surface area contributed by atoms with Gasteiger partial charge in [0.15, 0.2) is 9.84 Å². The van der Waals surface area contributed by atoms with Crippen LogP contribution in [-0.4, -0.2) is 31.7 Å². The summed E-state index contributed by atoms with van der Waals surface area (Å²) >= 11 is 0. The van der Waals surface area contributed by atoms with Gasteiger partial charge in [-0.1, -0.05) is 12.1 Å². The summed E-state index contributed by atoms with van der Waals surface area (Å²) in [4.78, 5) is 16.7. The number of nitrogens with zero attached hydrogens (tertiary/aromatic N) is 1. The number of sulfone groups is 1. The van der Waals surface area contributed by atoms with E-state index in [1.54, 1.807) is 25.3 Å². The van der Waals surface area contributed by atoms with Gasteiger partial charge in [0, 0.05) is 30.6 Å². The van der Waals surface area contributed by atoms with Crippen molar-refractivity contribution in [3.63, 3.8) is 0 Å². The third-order valence-corrected chi connectivity index (χ3v) is 4.60. The zero-order valence-corrected chi connectivity index (χ0v) is 15.6. The summed E-state index contributed by atoms with van der Waals surface area (Å²) in [6, 6.07) is 8.10. The third-order valence-electron chi connectivity index (χ3n) is 3.49. The minimum Gasteiger partial charge on any atom is -0.475 e. The lowest BCUT2D eigenvalue weighted by Crippen LogP contribution is -2.24. The number of amides is 1. The van der Waals surface area contributed by atoms with Crippen molar-refractivity contribution in [2.45, 2.75) is 38.3 Å². The molecule has 0 fully saturated rings. The molecule has 1 N–H and O–H groups in total. The first-order valence-electron chi connectivity index (χ1n) is 7.87. The molecule has 0 saturated heterocycles. The highest BCUT2D eigenvalue weighted by Gasteiger charge is 2.14. The van der Waals surface area contributed by atoms with Gasteiger partial charge < -0.3 is 10.1 Å². The maximum atomic E-state index is 12.4. The predicted molar refractivity (Wildman–Crippen MR) is 95.5 cm³/mol. The number of nitrogens with one attached hydrogen (secondary N) is 1. The number of carbonyl (C=O) groups excluding carboxylic acids is 1. The summed E-state index contributed by atoms with van der Waals surface area (Å²) in [7, 11) is -3.36. The fourth-order valence-corrected chi connectivity index (χ4v) is 2.83. The van der Waals surface area contributed by atoms with Crippen molar-refractivity contribution in [3.8, 4) is 5.88 Å². The lowest BCUT2D eigenvalue weighted by atomic mass is 10.1. The Morgan fingerprint density at radius 3 is 2.52 bits per heavy atom. The number of aromatic nitrogens is 1. The van der Waals surface area contributed by atoms with Crippen LogP contribution < -0.4 is 10.1 Å². The fourth-order valence-electron chi connectivity index (χ4n) is 2.18. The van der Waals surface area contributed by atoms with Crippen LogP contribution in [0.25, 0.3) is 0 Å². The van der Waals surface area contributed by atoms with Gasteiger partial charge in [-0.2, -0.15) is 0 Å². The summed E-state index contributed by atoms with van der Waals surface area (Å²) in [5.41, 5.74) is 1.88. The number of pyridine rings is 1. The Balaban J connectivity index is 2.07. The van der Waals surface area contributed by atoms with Crippen LogP contribution in [0.4, 0.5) is 0 Å². The molecule has 6 nitrogen and oxygen atoms in total. The van der Waals surface area contributed by atoms with E-state index in [0.29, 0.717) is 17.0 Å². The molecular formula is C18H22N2O4S. The second kappa shape index (κ2) is 7.65. The van der Waals surface area contributed by atoms with Crippen LogP contribution in [0.1, 0.15) is 35.3 Å². The van der Waals surface area contributed by atoms with Crippen molar-refractivity contribution in [3.05, 3.63) is 53.2 Å². The minimum absolute atomic E-state index is 0.0446. The van der Waals surface area contributed by atoms with E-state index >= 15 is 0 Å². The van der Waals surface area contributed by atoms with E-state index in [4.69, 9.17) is 4.74 Å². The highest BCUT2D eigenvalue weighted by Crippen LogP contribution is 2.16. The Hall–Kier alpha value is -2.41. The smallest absolute Gasteiger partial charge is 0.251 e. The van der Waals surface area contributed by atoms with E-state index < -0.39 is 9.84 Å². The van der Waals surface area contributed by atoms with Gasteiger partial charge in [-0.15, -0.1) is 0 Å². The molecule has 134 valence electrons. The SMILES string of the molecule is Cc1ccc(S(C)(=O)=O)cc1C(=O)NCc1ccc(OC(C)C)nc1. The van der Waals surface area contributed by atoms with Gasteiger partial charge in [0.1, 0.15) is 0 Å². The molecule has 0 aliphatic carbocycles. The third kappa shape index (κ3) is 5.29. The van der Waals surface area contributed by atoms with E-state index in [2.05, 4.69) is 10.3 Å². The average molecular weight is 362 g/mol. The molecule has 25 heavy (non-hydrogen) atoms. The van der Waals surface area contributed by atoms with Crippen molar-refractivity contribution in [2.24, 2.45) is 0 Å². The Labute approximate surface area is 148 Å². The summed E-state index contributed by atoms with van der Waals surface area (Å²) in [5, 5.41) is 2.78. The van der Waals surface area contributed by atoms with Gasteiger partial charge in [0.05, 0.1) is 11.0 Å². The van der Waals surface area contributed by atoms with Crippen LogP contribution in [-0.2, 0) is 16.4 Å². The van der Waals surface area contributed by atoms with Crippen molar-refractivity contribution in [1.29, 1.82) is 0 Å². The van der Waals surface area contributed by atoms with Crippen LogP contribution in [0.15, 0.2) is 41.4 Å². The van der Waals surface area contributed by atoms with E-state index in [1.165, 1.54) is 12.1 Å². The summed E-state index contributed by atoms with van der Waals surface area (Å²) in [5.74, 6) is 0.201. The first-order valence-corrected chi connectivity index (χ1v) is 9.76. The molecule has 1 aromatic heterocycles. The van der Waals surface area contributed by atoms with Gasteiger partial charge in [-0.05, 0) is 44.0 Å². The molecule has 0 atom stereocenters. The standard InChI is InChI=1S/C18H22N2O4S/c1-12(2)24-17-8-6-14(10-19-17)11-20-18(21)16-9-15(25(4,22)23)7-5-13(16)3/h5-10,12H,11H2,1-4H3,(H,20,21). The van der Waals surface area contributed by atoms with E-state index in [9.17, 15) is 13.2 Å². The Morgan fingerprint density at radius 1 is 1.24 bits per heavy atom. The molecule has 0 bridgehead atoms. The van der Waals surface area contributed by atoms with Crippen LogP contribution in [0, 0.1) is 6.92 Å². The molecule has 0 spiro atoms. The lowest BCUT2D eigenvalue weighted by Gasteiger charge is -2.11. The monoisotopic (exact) mass is 362 g/mol. The van der Waals surface area contributed by atoms with Gasteiger partial charge in [-0.25, -0.2) is 13.4 Å². The number of carbonyl (C=O) groups is 1. The van der Waals surface area contributed by atoms with Gasteiger partial charge in [0.2, 0.25) is 5.88 Å². The number of hydrogen-bond acceptors (Lipinski definition) is 5. The molecule has 0 radical (unpaired) electrons. The second-order valence-electron chi connectivity index (χ2n) is 6.10. The second-order valence-corrected chi connectivity index (χ2v) is 8.12. The van der Waals surface area contributed by atoms with Gasteiger partial charge in [0.25, 0.3) is 5.91 Å². The highest BCUT2D eigenvalue weighted by atomic mass is 32.2. The van der Waals surface area contributed by atoms with Crippen LogP contribution in [0.3, 0.4) is 0 Å². The number of ether oxygens (including phenoxy) is 1. The molecule has 0 aliphatic rings. The molecule has 1 aromatic carbocycles. The topological polar surface area (TPSA) is 85.4 Å². The van der Waals surface area contributed by atoms with Crippen molar-refractivity contribution < 1.29 is 17.9 Å². The number of aryl methyl sites for hydroxylation is 1. The molecule has 1 heterocycles. The normalized spacial score (nSPS) is 11.4. The highest BCUT2D eigenvalue weighted by molar-refractivity contribution is 7.90. The maximum absolute atomic E-state index is 12.4. The first-order chi connectivity index (χ1) is 11.7. The zero-order valence-electron chi connectivity index (χ0n) is 14.7. The number of benzene rings is 1. The maximum Gasteiger partial charge on any atom is 0.251 e. The predicted octanol–water partition coefficient (Wildman–Crippen LogP) is 2.51. The Bertz CT molecular complexity index is 859. The molecule has 0 saturated carbocycles. The van der Waals surface area contributed by atoms with Crippen LogP contribution >= 0.6 is 0 Å². The molecule has 2 rings (SSSR count). The van der Waals surface area contributed by atoms with Crippen molar-refractivity contribution in [2.75, 3.05) is 6.26 Å². The molecule has 0 aliphatic heterocycles. The summed E-state index contributed by atoms with van der Waals surface area (Å²) in [6.45, 7) is 5.89. The minimum atomic E-state index is -3.36. The first kappa shape index (κ1) is 18.9. The number of hydrogen-bond donors (Lipinski definition) is 1. The quantitative estimate of drug-likeness (QED) is 0.853. The summed E-state index contributed by atoms with van der Waals surface area (Å²) in [6.07, 6.45) is 2.80. The number of rotatable bonds is 6. The van der Waals surface area contributed by atoms with Crippen molar-refractivity contribution in [1.82, 2.24) is 10.3 Å². The summed E-state index contributed by atoms with van der Waals surface area (Å²) < 4.78 is 28.8. The molecule has 0 unspecified atom stereocenters. The zero-order chi connectivity index (χ0) is 18.6. The van der Waals surface area contributed by atoms with Crippen LogP contribution in [0.5, 0.6) is 5.88 Å². The Kier molecular flexibility index (Phi) is 5.79. The van der Waals surface area contributed by atoms with Crippen LogP contribution in [0.2, 0.25) is 0 Å². The van der Waals surface area contributed by atoms with Gasteiger partial charge >= 0.3 is 0 Å². The fraction of sp³-hybridized carbons (Fsp3) is 0.333. The molecule has 7 heteroatoms. The average Bonchev–Trinajstić information content (AvgIpc) is 2.52. The van der Waals surface area contributed by atoms with Crippen molar-refractivity contribution >= 4 is 15.7 Å². The molecule has 2 aromatic rings. The molecular weight excluding hydrogens is 340 g/mol.